The summed E-state index contributed by atoms with van der Waals surface area (Å²) in [4.78, 5) is 2.45. The molecule has 2 aliphatic rings. The van der Waals surface area contributed by atoms with E-state index in [0.717, 1.165) is 40.1 Å². The summed E-state index contributed by atoms with van der Waals surface area (Å²) in [5, 5.41) is 5.94. The normalized spacial score (nSPS) is 16.2. The second-order valence-corrected chi connectivity index (χ2v) is 8.75. The fourth-order valence-electron chi connectivity index (χ4n) is 4.00. The number of hydrogen-bond donors (Lipinski definition) is 0. The molecule has 0 unspecified atom stereocenters. The number of hydrogen-bond acceptors (Lipinski definition) is 4. The maximum atomic E-state index is 6.35. The van der Waals surface area contributed by atoms with Crippen molar-refractivity contribution >= 4 is 28.6 Å². The van der Waals surface area contributed by atoms with Gasteiger partial charge in [0.2, 0.25) is 0 Å². The molecule has 3 aromatic rings. The second-order valence-electron chi connectivity index (χ2n) is 8.39. The van der Waals surface area contributed by atoms with Crippen molar-refractivity contribution in [1.82, 2.24) is 14.7 Å². The Morgan fingerprint density at radius 2 is 2.03 bits per heavy atom. The van der Waals surface area contributed by atoms with Crippen LogP contribution in [0, 0.1) is 0 Å². The summed E-state index contributed by atoms with van der Waals surface area (Å²) >= 11 is 6.35. The number of aromatic nitrogens is 2. The zero-order chi connectivity index (χ0) is 20.7. The van der Waals surface area contributed by atoms with Gasteiger partial charge in [0.15, 0.2) is 5.15 Å². The first kappa shape index (κ1) is 19.5. The molecule has 5 nitrogen and oxygen atoms in total. The highest BCUT2D eigenvalue weighted by Crippen LogP contribution is 2.32. The monoisotopic (exact) mass is 423 g/mol. The Balaban J connectivity index is 1.28. The third-order valence-corrected chi connectivity index (χ3v) is 6.03. The van der Waals surface area contributed by atoms with E-state index in [0.29, 0.717) is 18.4 Å². The molecule has 0 spiro atoms. The molecule has 1 saturated heterocycles. The predicted molar refractivity (Wildman–Crippen MR) is 120 cm³/mol. The third-order valence-electron chi connectivity index (χ3n) is 5.75. The molecule has 0 amide bonds. The average Bonchev–Trinajstić information content (AvgIpc) is 3.05. The highest BCUT2D eigenvalue weighted by molar-refractivity contribution is 6.34. The summed E-state index contributed by atoms with van der Waals surface area (Å²) in [7, 11) is 0. The van der Waals surface area contributed by atoms with E-state index in [-0.39, 0.29) is 6.04 Å². The first-order valence-electron chi connectivity index (χ1n) is 10.5. The Morgan fingerprint density at radius 1 is 1.17 bits per heavy atom. The van der Waals surface area contributed by atoms with Crippen LogP contribution in [-0.4, -0.2) is 40.9 Å². The Bertz CT molecular complexity index is 1120. The van der Waals surface area contributed by atoms with Gasteiger partial charge in [0.05, 0.1) is 5.52 Å². The minimum atomic E-state index is 0.262. The molecular weight excluding hydrogens is 398 g/mol. The van der Waals surface area contributed by atoms with Crippen molar-refractivity contribution in [3.05, 3.63) is 58.3 Å². The molecule has 6 heteroatoms. The maximum Gasteiger partial charge on any atom is 0.158 e. The van der Waals surface area contributed by atoms with Crippen LogP contribution in [0.5, 0.6) is 11.5 Å². The Kier molecular flexibility index (Phi) is 5.17. The van der Waals surface area contributed by atoms with Crippen LogP contribution in [-0.2, 0) is 6.61 Å². The molecule has 0 atom stereocenters. The summed E-state index contributed by atoms with van der Waals surface area (Å²) in [6.07, 6.45) is 3.56. The number of benzene rings is 2. The van der Waals surface area contributed by atoms with Crippen LogP contribution < -0.4 is 9.47 Å². The topological polar surface area (TPSA) is 39.5 Å². The molecule has 0 saturated carbocycles. The number of ether oxygens (including phenoxy) is 2. The van der Waals surface area contributed by atoms with E-state index in [4.69, 9.17) is 21.1 Å². The Hall–Kier alpha value is -2.50. The molecular formula is C24H26ClN3O2. The minimum Gasteiger partial charge on any atom is -0.489 e. The van der Waals surface area contributed by atoms with Crippen molar-refractivity contribution in [2.24, 2.45) is 0 Å². The van der Waals surface area contributed by atoms with Crippen LogP contribution in [0.3, 0.4) is 0 Å². The van der Waals surface area contributed by atoms with E-state index >= 15 is 0 Å². The number of halogens is 1. The fourth-order valence-corrected chi connectivity index (χ4v) is 4.23. The van der Waals surface area contributed by atoms with Crippen LogP contribution in [0.1, 0.15) is 37.4 Å². The van der Waals surface area contributed by atoms with Crippen LogP contribution in [0.25, 0.3) is 17.0 Å². The Labute approximate surface area is 181 Å². The van der Waals surface area contributed by atoms with Crippen LogP contribution >= 0.6 is 11.6 Å². The minimum absolute atomic E-state index is 0.262. The summed E-state index contributed by atoms with van der Waals surface area (Å²) in [5.41, 5.74) is 4.56. The lowest BCUT2D eigenvalue weighted by atomic mass is 10.1. The van der Waals surface area contributed by atoms with Gasteiger partial charge in [0.25, 0.3) is 0 Å². The Morgan fingerprint density at radius 3 is 2.80 bits per heavy atom. The van der Waals surface area contributed by atoms with E-state index in [1.807, 2.05) is 16.8 Å². The largest absolute Gasteiger partial charge is 0.489 e. The zero-order valence-corrected chi connectivity index (χ0v) is 18.2. The third kappa shape index (κ3) is 3.80. The molecule has 30 heavy (non-hydrogen) atoms. The molecule has 0 radical (unpaired) electrons. The van der Waals surface area contributed by atoms with Crippen molar-refractivity contribution in [2.45, 2.75) is 32.9 Å². The van der Waals surface area contributed by atoms with E-state index in [2.05, 4.69) is 54.2 Å². The molecule has 0 aliphatic carbocycles. The lowest BCUT2D eigenvalue weighted by Crippen LogP contribution is -2.39. The van der Waals surface area contributed by atoms with Gasteiger partial charge in [-0.1, -0.05) is 17.7 Å². The number of likely N-dealkylation sites (tertiary alicyclic amines) is 1. The van der Waals surface area contributed by atoms with Crippen LogP contribution in [0.4, 0.5) is 0 Å². The first-order chi connectivity index (χ1) is 14.6. The van der Waals surface area contributed by atoms with E-state index < -0.39 is 0 Å². The van der Waals surface area contributed by atoms with Crippen molar-refractivity contribution in [3.8, 4) is 11.5 Å². The molecule has 3 heterocycles. The van der Waals surface area contributed by atoms with Gasteiger partial charge in [-0.2, -0.15) is 5.10 Å². The fraction of sp³-hybridized carbons (Fsp3) is 0.375. The predicted octanol–water partition coefficient (Wildman–Crippen LogP) is 5.33. The lowest BCUT2D eigenvalue weighted by Gasteiger charge is -2.32. The summed E-state index contributed by atoms with van der Waals surface area (Å²) in [6, 6.07) is 12.5. The van der Waals surface area contributed by atoms with Gasteiger partial charge >= 0.3 is 0 Å². The molecule has 0 N–H and O–H groups in total. The molecule has 1 aromatic heterocycles. The molecule has 0 bridgehead atoms. The van der Waals surface area contributed by atoms with Crippen LogP contribution in [0.2, 0.25) is 5.15 Å². The van der Waals surface area contributed by atoms with Gasteiger partial charge < -0.3 is 9.47 Å². The van der Waals surface area contributed by atoms with Crippen molar-refractivity contribution in [1.29, 1.82) is 0 Å². The van der Waals surface area contributed by atoms with Crippen molar-refractivity contribution < 1.29 is 9.47 Å². The summed E-state index contributed by atoms with van der Waals surface area (Å²) in [6.45, 7) is 8.73. The standard InChI is InChI=1S/C24H26ClN3O2/c1-16(2)28-22-7-4-17(11-21(22)24(25)26-28)14-29-20-6-5-19-10-18(13-27-8-3-9-27)15-30-23(19)12-20/h4-7,10-12,16H,3,8-9,13-15H2,1-2H3. The van der Waals surface area contributed by atoms with Crippen molar-refractivity contribution in [3.63, 3.8) is 0 Å². The molecule has 1 fully saturated rings. The average molecular weight is 424 g/mol. The summed E-state index contributed by atoms with van der Waals surface area (Å²) in [5.74, 6) is 1.69. The highest BCUT2D eigenvalue weighted by atomic mass is 35.5. The van der Waals surface area contributed by atoms with Gasteiger partial charge in [0.1, 0.15) is 24.7 Å². The SMILES string of the molecule is CC(C)n1nc(Cl)c2cc(COc3ccc4c(c3)OCC(CN3CCC3)=C4)ccc21. The van der Waals surface area contributed by atoms with Gasteiger partial charge in [-0.3, -0.25) is 9.58 Å². The second kappa shape index (κ2) is 7.97. The number of rotatable bonds is 6. The molecule has 2 aliphatic heterocycles. The summed E-state index contributed by atoms with van der Waals surface area (Å²) < 4.78 is 14.0. The molecule has 5 rings (SSSR count). The number of fused-ring (bicyclic) bond motifs is 2. The maximum absolute atomic E-state index is 6.35. The molecule has 2 aromatic carbocycles. The lowest BCUT2D eigenvalue weighted by molar-refractivity contribution is 0.190. The van der Waals surface area contributed by atoms with Crippen molar-refractivity contribution in [2.75, 3.05) is 26.2 Å². The van der Waals surface area contributed by atoms with Gasteiger partial charge in [-0.15, -0.1) is 0 Å². The molecule has 156 valence electrons. The highest BCUT2D eigenvalue weighted by Gasteiger charge is 2.19. The zero-order valence-electron chi connectivity index (χ0n) is 17.4. The van der Waals surface area contributed by atoms with Gasteiger partial charge in [-0.25, -0.2) is 0 Å². The quantitative estimate of drug-likeness (QED) is 0.537. The smallest absolute Gasteiger partial charge is 0.158 e. The first-order valence-corrected chi connectivity index (χ1v) is 10.9. The van der Waals surface area contributed by atoms with Crippen LogP contribution in [0.15, 0.2) is 42.0 Å². The van der Waals surface area contributed by atoms with E-state index in [9.17, 15) is 0 Å². The van der Waals surface area contributed by atoms with E-state index in [1.54, 1.807) is 0 Å². The van der Waals surface area contributed by atoms with Gasteiger partial charge in [0, 0.05) is 29.6 Å². The van der Waals surface area contributed by atoms with E-state index in [1.165, 1.54) is 25.1 Å². The van der Waals surface area contributed by atoms with Gasteiger partial charge in [-0.05, 0) is 74.8 Å². The number of nitrogens with zero attached hydrogens (tertiary/aromatic N) is 3.